The fourth-order valence-electron chi connectivity index (χ4n) is 4.08. The van der Waals surface area contributed by atoms with Crippen LogP contribution in [0.1, 0.15) is 12.8 Å². The summed E-state index contributed by atoms with van der Waals surface area (Å²) in [5, 5.41) is 3.87. The Hall–Kier alpha value is -3.17. The van der Waals surface area contributed by atoms with Crippen molar-refractivity contribution in [1.82, 2.24) is 9.29 Å². The molecule has 0 unspecified atom stereocenters. The first-order valence-electron chi connectivity index (χ1n) is 10.6. The van der Waals surface area contributed by atoms with Crippen LogP contribution in [0.3, 0.4) is 0 Å². The fraction of sp³-hybridized carbons (Fsp3) is 0.304. The molecule has 32 heavy (non-hydrogen) atoms. The lowest BCUT2D eigenvalue weighted by Gasteiger charge is -2.30. The van der Waals surface area contributed by atoms with Crippen molar-refractivity contribution >= 4 is 32.5 Å². The van der Waals surface area contributed by atoms with Gasteiger partial charge in [-0.25, -0.2) is 8.42 Å². The van der Waals surface area contributed by atoms with Crippen molar-refractivity contribution < 1.29 is 22.7 Å². The summed E-state index contributed by atoms with van der Waals surface area (Å²) in [4.78, 5) is 17.3. The van der Waals surface area contributed by atoms with Gasteiger partial charge in [0.25, 0.3) is 0 Å². The molecular formula is C23H23N3O5S. The molecule has 0 atom stereocenters. The molecule has 1 N–H and O–H groups in total. The summed E-state index contributed by atoms with van der Waals surface area (Å²) in [7, 11) is -3.67. The van der Waals surface area contributed by atoms with Gasteiger partial charge in [-0.1, -0.05) is 18.2 Å². The second kappa shape index (κ2) is 8.40. The first kappa shape index (κ1) is 20.7. The number of rotatable bonds is 4. The average Bonchev–Trinajstić information content (AvgIpc) is 2.83. The maximum Gasteiger partial charge on any atom is 0.243 e. The molecule has 0 saturated carbocycles. The van der Waals surface area contributed by atoms with Crippen LogP contribution < -0.4 is 14.8 Å². The van der Waals surface area contributed by atoms with Gasteiger partial charge >= 0.3 is 0 Å². The molecule has 2 aliphatic rings. The molecule has 3 aromatic rings. The van der Waals surface area contributed by atoms with E-state index in [2.05, 4.69) is 10.3 Å². The van der Waals surface area contributed by atoms with Gasteiger partial charge in [-0.05, 0) is 37.1 Å². The molecule has 2 aromatic carbocycles. The van der Waals surface area contributed by atoms with Crippen LogP contribution in [0.4, 0.5) is 5.69 Å². The summed E-state index contributed by atoms with van der Waals surface area (Å²) in [6, 6.07) is 14.3. The number of amides is 1. The van der Waals surface area contributed by atoms with Crippen molar-refractivity contribution in [2.24, 2.45) is 5.92 Å². The molecule has 5 rings (SSSR count). The smallest absolute Gasteiger partial charge is 0.243 e. The summed E-state index contributed by atoms with van der Waals surface area (Å²) in [6.07, 6.45) is 2.55. The van der Waals surface area contributed by atoms with Crippen molar-refractivity contribution in [2.45, 2.75) is 17.7 Å². The van der Waals surface area contributed by atoms with Gasteiger partial charge in [0.2, 0.25) is 15.9 Å². The number of hydrogen-bond acceptors (Lipinski definition) is 6. The van der Waals surface area contributed by atoms with E-state index in [0.29, 0.717) is 43.2 Å². The van der Waals surface area contributed by atoms with Crippen LogP contribution in [-0.4, -0.2) is 49.9 Å². The average molecular weight is 454 g/mol. The molecule has 0 aliphatic carbocycles. The van der Waals surface area contributed by atoms with E-state index in [1.807, 2.05) is 30.3 Å². The number of anilines is 1. The van der Waals surface area contributed by atoms with Crippen LogP contribution in [0, 0.1) is 5.92 Å². The maximum atomic E-state index is 13.1. The molecule has 0 radical (unpaired) electrons. The SMILES string of the molecule is O=C(Nc1cnc2ccccc2c1)C1CCN(S(=O)(=O)c2ccc3c(c2)OCCO3)CC1. The first-order chi connectivity index (χ1) is 15.5. The molecule has 0 spiro atoms. The molecule has 166 valence electrons. The minimum absolute atomic E-state index is 0.113. The summed E-state index contributed by atoms with van der Waals surface area (Å²) in [5.74, 6) is 0.621. The number of pyridine rings is 1. The number of carbonyl (C=O) groups excluding carboxylic acids is 1. The molecule has 9 heteroatoms. The van der Waals surface area contributed by atoms with Crippen molar-refractivity contribution in [3.05, 3.63) is 54.7 Å². The van der Waals surface area contributed by atoms with Crippen molar-refractivity contribution in [3.8, 4) is 11.5 Å². The van der Waals surface area contributed by atoms with Gasteiger partial charge in [0, 0.05) is 30.5 Å². The molecule has 1 fully saturated rings. The summed E-state index contributed by atoms with van der Waals surface area (Å²) >= 11 is 0. The summed E-state index contributed by atoms with van der Waals surface area (Å²) in [5.41, 5.74) is 1.50. The number of para-hydroxylation sites is 1. The summed E-state index contributed by atoms with van der Waals surface area (Å²) in [6.45, 7) is 1.41. The highest BCUT2D eigenvalue weighted by atomic mass is 32.2. The number of hydrogen-bond donors (Lipinski definition) is 1. The molecule has 2 aliphatic heterocycles. The molecule has 1 saturated heterocycles. The summed E-state index contributed by atoms with van der Waals surface area (Å²) < 4.78 is 38.6. The Labute approximate surface area is 186 Å². The molecular weight excluding hydrogens is 430 g/mol. The van der Waals surface area contributed by atoms with Crippen LogP contribution >= 0.6 is 0 Å². The van der Waals surface area contributed by atoms with E-state index in [0.717, 1.165) is 10.9 Å². The molecule has 3 heterocycles. The van der Waals surface area contributed by atoms with E-state index in [-0.39, 0.29) is 29.8 Å². The van der Waals surface area contributed by atoms with Gasteiger partial charge in [0.1, 0.15) is 13.2 Å². The molecule has 1 aromatic heterocycles. The van der Waals surface area contributed by atoms with E-state index in [1.54, 1.807) is 12.3 Å². The Kier molecular flexibility index (Phi) is 5.44. The zero-order valence-corrected chi connectivity index (χ0v) is 18.2. The predicted octanol–water partition coefficient (Wildman–Crippen LogP) is 3.05. The van der Waals surface area contributed by atoms with Gasteiger partial charge in [-0.3, -0.25) is 9.78 Å². The largest absolute Gasteiger partial charge is 0.486 e. The molecule has 1 amide bonds. The normalized spacial score (nSPS) is 17.2. The van der Waals surface area contributed by atoms with E-state index < -0.39 is 10.0 Å². The number of benzene rings is 2. The van der Waals surface area contributed by atoms with Gasteiger partial charge < -0.3 is 14.8 Å². The second-order valence-corrected chi connectivity index (χ2v) is 9.83. The van der Waals surface area contributed by atoms with Gasteiger partial charge in [0.15, 0.2) is 11.5 Å². The van der Waals surface area contributed by atoms with E-state index in [9.17, 15) is 13.2 Å². The van der Waals surface area contributed by atoms with E-state index in [1.165, 1.54) is 16.4 Å². The topological polar surface area (TPSA) is 97.8 Å². The number of carbonyl (C=O) groups is 1. The van der Waals surface area contributed by atoms with Crippen LogP contribution in [-0.2, 0) is 14.8 Å². The van der Waals surface area contributed by atoms with Crippen molar-refractivity contribution in [2.75, 3.05) is 31.6 Å². The number of nitrogens with one attached hydrogen (secondary N) is 1. The number of aromatic nitrogens is 1. The van der Waals surface area contributed by atoms with Crippen LogP contribution in [0.25, 0.3) is 10.9 Å². The number of fused-ring (bicyclic) bond motifs is 2. The second-order valence-electron chi connectivity index (χ2n) is 7.89. The number of ether oxygens (including phenoxy) is 2. The predicted molar refractivity (Wildman–Crippen MR) is 119 cm³/mol. The van der Waals surface area contributed by atoms with Crippen LogP contribution in [0.2, 0.25) is 0 Å². The Bertz CT molecular complexity index is 1270. The number of piperidine rings is 1. The van der Waals surface area contributed by atoms with E-state index in [4.69, 9.17) is 9.47 Å². The van der Waals surface area contributed by atoms with Gasteiger partial charge in [-0.15, -0.1) is 0 Å². The monoisotopic (exact) mass is 453 g/mol. The Morgan fingerprint density at radius 1 is 1.00 bits per heavy atom. The number of nitrogens with zero attached hydrogens (tertiary/aromatic N) is 2. The zero-order valence-electron chi connectivity index (χ0n) is 17.4. The third kappa shape index (κ3) is 4.01. The third-order valence-corrected chi connectivity index (χ3v) is 7.73. The van der Waals surface area contributed by atoms with Crippen molar-refractivity contribution in [1.29, 1.82) is 0 Å². The fourth-order valence-corrected chi connectivity index (χ4v) is 5.56. The highest BCUT2D eigenvalue weighted by Crippen LogP contribution is 2.34. The first-order valence-corrected chi connectivity index (χ1v) is 12.0. The van der Waals surface area contributed by atoms with Gasteiger partial charge in [-0.2, -0.15) is 4.31 Å². The molecule has 8 nitrogen and oxygen atoms in total. The minimum atomic E-state index is -3.67. The Morgan fingerprint density at radius 2 is 1.75 bits per heavy atom. The maximum absolute atomic E-state index is 13.1. The minimum Gasteiger partial charge on any atom is -0.486 e. The van der Waals surface area contributed by atoms with Crippen molar-refractivity contribution in [3.63, 3.8) is 0 Å². The van der Waals surface area contributed by atoms with Crippen LogP contribution in [0.15, 0.2) is 59.6 Å². The highest BCUT2D eigenvalue weighted by molar-refractivity contribution is 7.89. The highest BCUT2D eigenvalue weighted by Gasteiger charge is 2.33. The third-order valence-electron chi connectivity index (χ3n) is 5.83. The molecule has 0 bridgehead atoms. The Morgan fingerprint density at radius 3 is 2.56 bits per heavy atom. The van der Waals surface area contributed by atoms with Crippen LogP contribution in [0.5, 0.6) is 11.5 Å². The quantitative estimate of drug-likeness (QED) is 0.652. The zero-order chi connectivity index (χ0) is 22.1. The lowest BCUT2D eigenvalue weighted by molar-refractivity contribution is -0.120. The standard InChI is InChI=1S/C23H23N3O5S/c27-23(25-18-13-17-3-1-2-4-20(17)24-15-18)16-7-9-26(10-8-16)32(28,29)19-5-6-21-22(14-19)31-12-11-30-21/h1-6,13-16H,7-12H2,(H,25,27). The lowest BCUT2D eigenvalue weighted by Crippen LogP contribution is -2.41. The van der Waals surface area contributed by atoms with E-state index >= 15 is 0 Å². The van der Waals surface area contributed by atoms with Gasteiger partial charge in [0.05, 0.1) is 22.3 Å². The Balaban J connectivity index is 1.23. The lowest BCUT2D eigenvalue weighted by atomic mass is 9.97. The number of sulfonamides is 1.